The van der Waals surface area contributed by atoms with E-state index in [-0.39, 0.29) is 6.04 Å². The lowest BCUT2D eigenvalue weighted by Gasteiger charge is -2.41. The number of benzene rings is 1. The highest BCUT2D eigenvalue weighted by Gasteiger charge is 2.33. The largest absolute Gasteiger partial charge is 0.383 e. The molecule has 1 aliphatic heterocycles. The predicted octanol–water partition coefficient (Wildman–Crippen LogP) is 1.84. The van der Waals surface area contributed by atoms with Gasteiger partial charge < -0.3 is 5.73 Å². The Hall–Kier alpha value is -2.32. The van der Waals surface area contributed by atoms with Crippen LogP contribution < -0.4 is 5.73 Å². The van der Waals surface area contributed by atoms with Gasteiger partial charge in [-0.1, -0.05) is 18.2 Å². The third kappa shape index (κ3) is 2.71. The van der Waals surface area contributed by atoms with Crippen molar-refractivity contribution < 1.29 is 4.21 Å². The fraction of sp³-hybridized carbons (Fsp3) is 0.353. The number of aromatic nitrogens is 4. The quantitative estimate of drug-likeness (QED) is 0.767. The number of hydrogen-bond donors (Lipinski definition) is 1. The molecule has 1 fully saturated rings. The molecule has 1 aromatic carbocycles. The van der Waals surface area contributed by atoms with Crippen LogP contribution in [0.2, 0.25) is 0 Å². The van der Waals surface area contributed by atoms with Gasteiger partial charge in [-0.15, -0.1) is 0 Å². The van der Waals surface area contributed by atoms with Gasteiger partial charge in [-0.25, -0.2) is 18.9 Å². The summed E-state index contributed by atoms with van der Waals surface area (Å²) in [5.41, 5.74) is 6.73. The molecule has 0 bridgehead atoms. The Morgan fingerprint density at radius 1 is 1.20 bits per heavy atom. The molecule has 1 saturated heterocycles. The third-order valence-electron chi connectivity index (χ3n) is 4.59. The molecule has 0 radical (unpaired) electrons. The van der Waals surface area contributed by atoms with Crippen molar-refractivity contribution in [3.05, 3.63) is 36.7 Å². The van der Waals surface area contributed by atoms with Crippen LogP contribution in [0.25, 0.3) is 11.0 Å². The van der Waals surface area contributed by atoms with Gasteiger partial charge in [0.25, 0.3) is 0 Å². The SMILES string of the molecule is CC(C)N1CC(n2nc(S(=O)c3ccccc3)c3c(N)ncnc32)C1. The Kier molecular flexibility index (Phi) is 4.01. The summed E-state index contributed by atoms with van der Waals surface area (Å²) in [4.78, 5) is 11.5. The molecule has 130 valence electrons. The molecule has 4 rings (SSSR count). The molecule has 0 aliphatic carbocycles. The second-order valence-electron chi connectivity index (χ2n) is 6.49. The summed E-state index contributed by atoms with van der Waals surface area (Å²) < 4.78 is 14.9. The standard InChI is InChI=1S/C17H20N6OS/c1-11(2)22-8-12(9-22)23-16-14(15(18)19-10-20-16)17(21-23)25(24)13-6-4-3-5-7-13/h3-7,10-12H,8-9H2,1-2H3,(H2,18,19,20). The Morgan fingerprint density at radius 2 is 1.92 bits per heavy atom. The van der Waals surface area contributed by atoms with Crippen molar-refractivity contribution in [1.29, 1.82) is 0 Å². The van der Waals surface area contributed by atoms with Gasteiger partial charge in [0.15, 0.2) is 10.7 Å². The number of anilines is 1. The molecule has 1 aliphatic rings. The number of hydrogen-bond acceptors (Lipinski definition) is 6. The first-order valence-electron chi connectivity index (χ1n) is 8.26. The van der Waals surface area contributed by atoms with E-state index in [2.05, 4.69) is 33.8 Å². The zero-order chi connectivity index (χ0) is 17.6. The van der Waals surface area contributed by atoms with E-state index in [1.807, 2.05) is 35.0 Å². The van der Waals surface area contributed by atoms with Crippen LogP contribution in [0.5, 0.6) is 0 Å². The monoisotopic (exact) mass is 356 g/mol. The van der Waals surface area contributed by atoms with Crippen molar-refractivity contribution >= 4 is 27.7 Å². The average molecular weight is 356 g/mol. The van der Waals surface area contributed by atoms with E-state index in [1.54, 1.807) is 0 Å². The van der Waals surface area contributed by atoms with Gasteiger partial charge in [0.2, 0.25) is 0 Å². The summed E-state index contributed by atoms with van der Waals surface area (Å²) >= 11 is 0. The first kappa shape index (κ1) is 16.2. The zero-order valence-corrected chi connectivity index (χ0v) is 15.0. The Morgan fingerprint density at radius 3 is 2.60 bits per heavy atom. The van der Waals surface area contributed by atoms with Crippen molar-refractivity contribution in [3.8, 4) is 0 Å². The van der Waals surface area contributed by atoms with Crippen molar-refractivity contribution in [2.45, 2.75) is 35.9 Å². The van der Waals surface area contributed by atoms with Crippen molar-refractivity contribution in [1.82, 2.24) is 24.6 Å². The van der Waals surface area contributed by atoms with Gasteiger partial charge in [-0.05, 0) is 26.0 Å². The maximum atomic E-state index is 13.0. The van der Waals surface area contributed by atoms with E-state index in [4.69, 9.17) is 5.73 Å². The number of likely N-dealkylation sites (tertiary alicyclic amines) is 1. The lowest BCUT2D eigenvalue weighted by Crippen LogP contribution is -2.51. The topological polar surface area (TPSA) is 89.9 Å². The first-order valence-corrected chi connectivity index (χ1v) is 9.40. The van der Waals surface area contributed by atoms with Gasteiger partial charge in [0, 0.05) is 24.0 Å². The highest BCUT2D eigenvalue weighted by molar-refractivity contribution is 7.85. The maximum absolute atomic E-state index is 13.0. The molecule has 3 heterocycles. The minimum absolute atomic E-state index is 0.209. The van der Waals surface area contributed by atoms with Crippen LogP contribution in [0.4, 0.5) is 5.82 Å². The van der Waals surface area contributed by atoms with Crippen LogP contribution in [0.15, 0.2) is 46.6 Å². The summed E-state index contributed by atoms with van der Waals surface area (Å²) in [7, 11) is -1.43. The van der Waals surface area contributed by atoms with E-state index in [0.29, 0.717) is 32.8 Å². The normalized spacial score (nSPS) is 17.1. The van der Waals surface area contributed by atoms with Crippen LogP contribution in [0.1, 0.15) is 19.9 Å². The average Bonchev–Trinajstić information content (AvgIpc) is 2.94. The molecule has 2 N–H and O–H groups in total. The fourth-order valence-corrected chi connectivity index (χ4v) is 4.24. The summed E-state index contributed by atoms with van der Waals surface area (Å²) in [6, 6.07) is 9.97. The number of nitrogen functional groups attached to an aromatic ring is 1. The number of nitrogens with two attached hydrogens (primary N) is 1. The van der Waals surface area contributed by atoms with Gasteiger partial charge >= 0.3 is 0 Å². The van der Waals surface area contributed by atoms with E-state index < -0.39 is 10.8 Å². The predicted molar refractivity (Wildman–Crippen MR) is 96.6 cm³/mol. The van der Waals surface area contributed by atoms with Gasteiger partial charge in [-0.3, -0.25) is 4.90 Å². The summed E-state index contributed by atoms with van der Waals surface area (Å²) in [5.74, 6) is 0.315. The summed E-state index contributed by atoms with van der Waals surface area (Å²) in [5, 5.41) is 5.67. The lowest BCUT2D eigenvalue weighted by molar-refractivity contribution is 0.0690. The van der Waals surface area contributed by atoms with Crippen LogP contribution in [-0.2, 0) is 10.8 Å². The third-order valence-corrected chi connectivity index (χ3v) is 5.92. The van der Waals surface area contributed by atoms with E-state index in [9.17, 15) is 4.21 Å². The van der Waals surface area contributed by atoms with Crippen LogP contribution in [0.3, 0.4) is 0 Å². The molecular weight excluding hydrogens is 336 g/mol. The van der Waals surface area contributed by atoms with Gasteiger partial charge in [-0.2, -0.15) is 5.10 Å². The number of nitrogens with zero attached hydrogens (tertiary/aromatic N) is 5. The molecule has 2 aromatic heterocycles. The van der Waals surface area contributed by atoms with Crippen molar-refractivity contribution in [3.63, 3.8) is 0 Å². The molecule has 0 saturated carbocycles. The molecule has 1 atom stereocenters. The first-order chi connectivity index (χ1) is 12.1. The Balaban J connectivity index is 1.79. The van der Waals surface area contributed by atoms with Crippen molar-refractivity contribution in [2.75, 3.05) is 18.8 Å². The molecule has 0 spiro atoms. The molecule has 3 aromatic rings. The van der Waals surface area contributed by atoms with E-state index in [1.165, 1.54) is 6.33 Å². The van der Waals surface area contributed by atoms with Gasteiger partial charge in [0.05, 0.1) is 11.4 Å². The van der Waals surface area contributed by atoms with Crippen LogP contribution >= 0.6 is 0 Å². The highest BCUT2D eigenvalue weighted by Crippen LogP contribution is 2.32. The second kappa shape index (κ2) is 6.20. The molecule has 1 unspecified atom stereocenters. The highest BCUT2D eigenvalue weighted by atomic mass is 32.2. The Bertz CT molecular complexity index is 933. The van der Waals surface area contributed by atoms with Crippen molar-refractivity contribution in [2.24, 2.45) is 0 Å². The lowest BCUT2D eigenvalue weighted by atomic mass is 10.1. The minimum atomic E-state index is -1.43. The molecule has 0 amide bonds. The van der Waals surface area contributed by atoms with E-state index in [0.717, 1.165) is 13.1 Å². The fourth-order valence-electron chi connectivity index (χ4n) is 3.07. The molecular formula is C17H20N6OS. The molecule has 25 heavy (non-hydrogen) atoms. The smallest absolute Gasteiger partial charge is 0.167 e. The zero-order valence-electron chi connectivity index (χ0n) is 14.2. The second-order valence-corrected chi connectivity index (χ2v) is 7.89. The van der Waals surface area contributed by atoms with Crippen LogP contribution in [0, 0.1) is 0 Å². The summed E-state index contributed by atoms with van der Waals surface area (Å²) in [6.07, 6.45) is 1.43. The molecule has 8 heteroatoms. The minimum Gasteiger partial charge on any atom is -0.383 e. The maximum Gasteiger partial charge on any atom is 0.167 e. The molecule has 7 nitrogen and oxygen atoms in total. The van der Waals surface area contributed by atoms with Gasteiger partial charge in [0.1, 0.15) is 22.9 Å². The number of rotatable bonds is 4. The van der Waals surface area contributed by atoms with E-state index >= 15 is 0 Å². The number of fused-ring (bicyclic) bond motifs is 1. The summed E-state index contributed by atoms with van der Waals surface area (Å²) in [6.45, 7) is 6.15. The van der Waals surface area contributed by atoms with Crippen LogP contribution in [-0.4, -0.2) is 48.0 Å². The Labute approximate surface area is 148 Å².